The number of nitrogens with zero attached hydrogens (tertiary/aromatic N) is 1. The number of ketones is 1. The van der Waals surface area contributed by atoms with Gasteiger partial charge >= 0.3 is 0 Å². The summed E-state index contributed by atoms with van der Waals surface area (Å²) in [5, 5.41) is 0. The highest BCUT2D eigenvalue weighted by Crippen LogP contribution is 2.42. The second kappa shape index (κ2) is 4.91. The van der Waals surface area contributed by atoms with E-state index in [2.05, 4.69) is 33.0 Å². The smallest absolute Gasteiger partial charge is 0.181 e. The minimum atomic E-state index is -0.0245. The number of hydrogen-bond acceptors (Lipinski definition) is 2. The molecule has 2 nitrogen and oxygen atoms in total. The van der Waals surface area contributed by atoms with Crippen LogP contribution < -0.4 is 0 Å². The van der Waals surface area contributed by atoms with E-state index in [1.54, 1.807) is 0 Å². The van der Waals surface area contributed by atoms with Crippen LogP contribution >= 0.6 is 15.9 Å². The molecular weight excluding hydrogens is 302 g/mol. The molecule has 3 atom stereocenters. The summed E-state index contributed by atoms with van der Waals surface area (Å²) in [6.07, 6.45) is 0. The van der Waals surface area contributed by atoms with Crippen molar-refractivity contribution in [2.75, 3.05) is 7.05 Å². The minimum absolute atomic E-state index is 0.0245. The first-order chi connectivity index (χ1) is 9.18. The number of likely N-dealkylation sites (N-methyl/N-ethyl adjacent to an activating group) is 1. The van der Waals surface area contributed by atoms with Crippen LogP contribution in [0.4, 0.5) is 0 Å². The first kappa shape index (κ1) is 12.6. The maximum atomic E-state index is 12.5. The minimum Gasteiger partial charge on any atom is -0.292 e. The summed E-state index contributed by atoms with van der Waals surface area (Å²) in [5.74, 6) is 0.198. The number of halogens is 1. The van der Waals surface area contributed by atoms with Crippen LogP contribution in [0.3, 0.4) is 0 Å². The highest BCUT2D eigenvalue weighted by molar-refractivity contribution is 9.10. The molecule has 1 aliphatic heterocycles. The van der Waals surface area contributed by atoms with E-state index in [0.29, 0.717) is 0 Å². The molecule has 96 valence electrons. The van der Waals surface area contributed by atoms with Crippen LogP contribution in [0.1, 0.15) is 22.0 Å². The zero-order chi connectivity index (χ0) is 13.4. The van der Waals surface area contributed by atoms with Gasteiger partial charge in [-0.25, -0.2) is 0 Å². The van der Waals surface area contributed by atoms with E-state index in [-0.39, 0.29) is 17.9 Å². The third-order valence-corrected chi connectivity index (χ3v) is 4.15. The molecule has 1 fully saturated rings. The van der Waals surface area contributed by atoms with E-state index < -0.39 is 0 Å². The van der Waals surface area contributed by atoms with Crippen LogP contribution in [0, 0.1) is 0 Å². The van der Waals surface area contributed by atoms with Crippen molar-refractivity contribution < 1.29 is 4.79 Å². The largest absolute Gasteiger partial charge is 0.292 e. The number of rotatable bonds is 3. The van der Waals surface area contributed by atoms with Gasteiger partial charge < -0.3 is 0 Å². The van der Waals surface area contributed by atoms with Gasteiger partial charge in [0.05, 0.1) is 12.1 Å². The average Bonchev–Trinajstić information content (AvgIpc) is 3.11. The molecule has 0 spiro atoms. The van der Waals surface area contributed by atoms with E-state index >= 15 is 0 Å². The molecular formula is C16H14BrNO. The Kier molecular flexibility index (Phi) is 3.25. The summed E-state index contributed by atoms with van der Waals surface area (Å²) >= 11 is 3.39. The topological polar surface area (TPSA) is 20.1 Å². The highest BCUT2D eigenvalue weighted by atomic mass is 79.9. The summed E-state index contributed by atoms with van der Waals surface area (Å²) < 4.78 is 0.993. The van der Waals surface area contributed by atoms with Gasteiger partial charge in [0.25, 0.3) is 0 Å². The van der Waals surface area contributed by atoms with Crippen LogP contribution in [0.5, 0.6) is 0 Å². The fourth-order valence-electron chi connectivity index (χ4n) is 2.52. The molecule has 3 heteroatoms. The summed E-state index contributed by atoms with van der Waals surface area (Å²) in [6.45, 7) is 0. The van der Waals surface area contributed by atoms with Crippen molar-refractivity contribution in [3.63, 3.8) is 0 Å². The molecule has 0 aliphatic carbocycles. The first-order valence-electron chi connectivity index (χ1n) is 6.25. The summed E-state index contributed by atoms with van der Waals surface area (Å²) in [7, 11) is 2.00. The molecule has 0 aromatic heterocycles. The van der Waals surface area contributed by atoms with Gasteiger partial charge in [0.2, 0.25) is 0 Å². The van der Waals surface area contributed by atoms with Gasteiger partial charge in [0, 0.05) is 10.0 Å². The van der Waals surface area contributed by atoms with Crippen LogP contribution in [0.2, 0.25) is 0 Å². The van der Waals surface area contributed by atoms with E-state index in [4.69, 9.17) is 0 Å². The maximum absolute atomic E-state index is 12.5. The van der Waals surface area contributed by atoms with Crippen molar-refractivity contribution in [1.29, 1.82) is 0 Å². The fourth-order valence-corrected chi connectivity index (χ4v) is 2.78. The number of carbonyl (C=O) groups excluding carboxylic acids is 1. The molecule has 0 saturated carbocycles. The standard InChI is InChI=1S/C16H14BrNO/c1-18-14(11-5-3-2-4-6-11)15(18)16(19)12-7-9-13(17)10-8-12/h2-10,14-15H,1H3/t14-,15-,18?/m0/s1. The molecule has 0 amide bonds. The highest BCUT2D eigenvalue weighted by Gasteiger charge is 2.50. The van der Waals surface area contributed by atoms with Crippen molar-refractivity contribution in [3.05, 3.63) is 70.2 Å². The molecule has 1 saturated heterocycles. The lowest BCUT2D eigenvalue weighted by atomic mass is 10.0. The lowest BCUT2D eigenvalue weighted by molar-refractivity contribution is 0.0977. The molecule has 0 bridgehead atoms. The van der Waals surface area contributed by atoms with Gasteiger partial charge in [0.1, 0.15) is 0 Å². The lowest BCUT2D eigenvalue weighted by Crippen LogP contribution is -2.11. The predicted molar refractivity (Wildman–Crippen MR) is 79.2 cm³/mol. The lowest BCUT2D eigenvalue weighted by Gasteiger charge is -1.99. The molecule has 1 aliphatic rings. The monoisotopic (exact) mass is 315 g/mol. The Morgan fingerprint density at radius 1 is 1.05 bits per heavy atom. The number of Topliss-reactive ketones (excluding diaryl/α,β-unsaturated/α-hetero) is 1. The molecule has 2 aromatic rings. The predicted octanol–water partition coefficient (Wildman–Crippen LogP) is 3.69. The Bertz CT molecular complexity index is 594. The molecule has 1 heterocycles. The van der Waals surface area contributed by atoms with Gasteiger partial charge in [-0.1, -0.05) is 58.4 Å². The van der Waals surface area contributed by atoms with E-state index in [1.807, 2.05) is 49.5 Å². The van der Waals surface area contributed by atoms with Gasteiger partial charge in [-0.05, 0) is 24.7 Å². The SMILES string of the molecule is CN1[C@H](C(=O)c2ccc(Br)cc2)[C@@H]1c1ccccc1. The van der Waals surface area contributed by atoms with Crippen LogP contribution in [0.25, 0.3) is 0 Å². The fraction of sp³-hybridized carbons (Fsp3) is 0.188. The Morgan fingerprint density at radius 2 is 1.68 bits per heavy atom. The Labute approximate surface area is 121 Å². The third-order valence-electron chi connectivity index (χ3n) is 3.63. The zero-order valence-electron chi connectivity index (χ0n) is 10.6. The molecule has 2 aromatic carbocycles. The first-order valence-corrected chi connectivity index (χ1v) is 7.04. The molecule has 3 rings (SSSR count). The Balaban J connectivity index is 1.81. The van der Waals surface area contributed by atoms with Crippen LogP contribution in [-0.4, -0.2) is 23.8 Å². The number of hydrogen-bond donors (Lipinski definition) is 0. The molecule has 0 N–H and O–H groups in total. The van der Waals surface area contributed by atoms with Gasteiger partial charge in [-0.3, -0.25) is 9.69 Å². The second-order valence-electron chi connectivity index (χ2n) is 4.84. The van der Waals surface area contributed by atoms with Crippen molar-refractivity contribution in [2.45, 2.75) is 12.1 Å². The molecule has 1 unspecified atom stereocenters. The summed E-state index contributed by atoms with van der Waals surface area (Å²) in [4.78, 5) is 14.6. The number of carbonyl (C=O) groups is 1. The summed E-state index contributed by atoms with van der Waals surface area (Å²) in [5.41, 5.74) is 1.99. The van der Waals surface area contributed by atoms with Crippen molar-refractivity contribution in [3.8, 4) is 0 Å². The average molecular weight is 316 g/mol. The normalized spacial score (nSPS) is 25.1. The van der Waals surface area contributed by atoms with Crippen LogP contribution in [-0.2, 0) is 0 Å². The van der Waals surface area contributed by atoms with Gasteiger partial charge in [-0.15, -0.1) is 0 Å². The second-order valence-corrected chi connectivity index (χ2v) is 5.75. The van der Waals surface area contributed by atoms with Crippen LogP contribution in [0.15, 0.2) is 59.1 Å². The molecule has 19 heavy (non-hydrogen) atoms. The number of benzene rings is 2. The van der Waals surface area contributed by atoms with Crippen molar-refractivity contribution >= 4 is 21.7 Å². The van der Waals surface area contributed by atoms with Gasteiger partial charge in [0.15, 0.2) is 5.78 Å². The van der Waals surface area contributed by atoms with Crippen molar-refractivity contribution in [1.82, 2.24) is 4.90 Å². The Hall–Kier alpha value is -1.45. The third kappa shape index (κ3) is 2.36. The maximum Gasteiger partial charge on any atom is 0.181 e. The zero-order valence-corrected chi connectivity index (χ0v) is 12.2. The Morgan fingerprint density at radius 3 is 2.32 bits per heavy atom. The van der Waals surface area contributed by atoms with Crippen molar-refractivity contribution in [2.24, 2.45) is 0 Å². The van der Waals surface area contributed by atoms with E-state index in [1.165, 1.54) is 5.56 Å². The quantitative estimate of drug-likeness (QED) is 0.636. The summed E-state index contributed by atoms with van der Waals surface area (Å²) in [6, 6.07) is 18.0. The van der Waals surface area contributed by atoms with Gasteiger partial charge in [-0.2, -0.15) is 0 Å². The van der Waals surface area contributed by atoms with E-state index in [0.717, 1.165) is 10.0 Å². The van der Waals surface area contributed by atoms with E-state index in [9.17, 15) is 4.79 Å². The molecule has 0 radical (unpaired) electrons.